The van der Waals surface area contributed by atoms with Crippen molar-refractivity contribution >= 4 is 5.84 Å². The van der Waals surface area contributed by atoms with Crippen LogP contribution in [0.5, 0.6) is 0 Å². The van der Waals surface area contributed by atoms with E-state index in [1.165, 1.54) is 70.3 Å². The van der Waals surface area contributed by atoms with Crippen LogP contribution in [0.3, 0.4) is 0 Å². The highest BCUT2D eigenvalue weighted by Gasteiger charge is 2.33. The maximum Gasteiger partial charge on any atom is 0.102 e. The molecule has 1 aliphatic carbocycles. The molecule has 16 heavy (non-hydrogen) atoms. The molecule has 1 saturated carbocycles. The lowest BCUT2D eigenvalue weighted by Gasteiger charge is -2.34. The van der Waals surface area contributed by atoms with Gasteiger partial charge in [0, 0.05) is 25.6 Å². The number of aliphatic imine (C=N–C) groups is 1. The van der Waals surface area contributed by atoms with E-state index in [4.69, 9.17) is 4.99 Å². The molecule has 1 saturated heterocycles. The number of amidine groups is 1. The van der Waals surface area contributed by atoms with Crippen LogP contribution in [0.25, 0.3) is 0 Å². The van der Waals surface area contributed by atoms with Gasteiger partial charge in [0.2, 0.25) is 0 Å². The number of nitrogens with zero attached hydrogens (tertiary/aromatic N) is 2. The standard InChI is InChI=1S/C14H24N2/c1-2-7-12(6-1)13-8-3-4-10-16-11-5-9-15-14(13)16/h12-13H,1-11H2. The summed E-state index contributed by atoms with van der Waals surface area (Å²) < 4.78 is 0. The zero-order valence-corrected chi connectivity index (χ0v) is 10.3. The van der Waals surface area contributed by atoms with E-state index >= 15 is 0 Å². The van der Waals surface area contributed by atoms with Gasteiger partial charge < -0.3 is 4.90 Å². The molecule has 0 aromatic heterocycles. The highest BCUT2D eigenvalue weighted by molar-refractivity contribution is 5.85. The van der Waals surface area contributed by atoms with Crippen molar-refractivity contribution in [3.05, 3.63) is 0 Å². The Bertz CT molecular complexity index is 266. The lowest BCUT2D eigenvalue weighted by molar-refractivity contribution is 0.349. The molecule has 90 valence electrons. The predicted molar refractivity (Wildman–Crippen MR) is 67.8 cm³/mol. The van der Waals surface area contributed by atoms with Crippen molar-refractivity contribution in [2.75, 3.05) is 19.6 Å². The van der Waals surface area contributed by atoms with E-state index in [1.807, 2.05) is 0 Å². The summed E-state index contributed by atoms with van der Waals surface area (Å²) in [6.45, 7) is 3.65. The maximum atomic E-state index is 4.88. The molecule has 2 heteroatoms. The van der Waals surface area contributed by atoms with Crippen molar-refractivity contribution in [3.63, 3.8) is 0 Å². The Labute approximate surface area is 99.1 Å². The Hall–Kier alpha value is -0.530. The third-order valence-electron chi connectivity index (χ3n) is 4.68. The first-order chi connectivity index (χ1) is 7.95. The second kappa shape index (κ2) is 4.77. The average Bonchev–Trinajstić information content (AvgIpc) is 2.76. The topological polar surface area (TPSA) is 15.6 Å². The van der Waals surface area contributed by atoms with E-state index in [2.05, 4.69) is 4.90 Å². The molecule has 1 unspecified atom stereocenters. The van der Waals surface area contributed by atoms with Crippen molar-refractivity contribution in [1.82, 2.24) is 4.90 Å². The van der Waals surface area contributed by atoms with E-state index in [0.29, 0.717) is 0 Å². The molecule has 0 amide bonds. The Morgan fingerprint density at radius 3 is 2.50 bits per heavy atom. The fourth-order valence-corrected chi connectivity index (χ4v) is 3.85. The zero-order chi connectivity index (χ0) is 10.8. The number of rotatable bonds is 1. The fraction of sp³-hybridized carbons (Fsp3) is 0.929. The van der Waals surface area contributed by atoms with Gasteiger partial charge in [-0.2, -0.15) is 0 Å². The molecule has 1 atom stereocenters. The highest BCUT2D eigenvalue weighted by atomic mass is 15.2. The van der Waals surface area contributed by atoms with Crippen molar-refractivity contribution in [2.45, 2.75) is 51.4 Å². The van der Waals surface area contributed by atoms with Crippen LogP contribution in [0.4, 0.5) is 0 Å². The molecule has 2 fully saturated rings. The number of fused-ring (bicyclic) bond motifs is 1. The van der Waals surface area contributed by atoms with E-state index in [1.54, 1.807) is 0 Å². The molecular formula is C14H24N2. The quantitative estimate of drug-likeness (QED) is 0.663. The van der Waals surface area contributed by atoms with Gasteiger partial charge in [-0.1, -0.05) is 19.3 Å². The molecule has 0 bridgehead atoms. The molecule has 0 aromatic carbocycles. The van der Waals surface area contributed by atoms with Crippen LogP contribution in [-0.2, 0) is 0 Å². The maximum absolute atomic E-state index is 4.88. The van der Waals surface area contributed by atoms with Gasteiger partial charge in [-0.15, -0.1) is 0 Å². The molecule has 0 spiro atoms. The Morgan fingerprint density at radius 1 is 0.875 bits per heavy atom. The first-order valence-electron chi connectivity index (χ1n) is 7.24. The molecule has 2 heterocycles. The zero-order valence-electron chi connectivity index (χ0n) is 10.3. The summed E-state index contributed by atoms with van der Waals surface area (Å²) in [7, 11) is 0. The molecule has 2 aliphatic heterocycles. The second-order valence-electron chi connectivity index (χ2n) is 5.73. The van der Waals surface area contributed by atoms with Crippen LogP contribution in [0.1, 0.15) is 51.4 Å². The van der Waals surface area contributed by atoms with Gasteiger partial charge in [0.15, 0.2) is 0 Å². The van der Waals surface area contributed by atoms with E-state index in [0.717, 1.165) is 18.4 Å². The molecule has 0 radical (unpaired) electrons. The Morgan fingerprint density at radius 2 is 1.62 bits per heavy atom. The number of hydrogen-bond acceptors (Lipinski definition) is 2. The number of hydrogen-bond donors (Lipinski definition) is 0. The minimum Gasteiger partial charge on any atom is -0.360 e. The van der Waals surface area contributed by atoms with Gasteiger partial charge >= 0.3 is 0 Å². The summed E-state index contributed by atoms with van der Waals surface area (Å²) in [5.74, 6) is 3.30. The summed E-state index contributed by atoms with van der Waals surface area (Å²) in [4.78, 5) is 7.49. The predicted octanol–water partition coefficient (Wildman–Crippen LogP) is 3.08. The smallest absolute Gasteiger partial charge is 0.102 e. The van der Waals surface area contributed by atoms with Crippen molar-refractivity contribution < 1.29 is 0 Å². The fourth-order valence-electron chi connectivity index (χ4n) is 3.85. The second-order valence-corrected chi connectivity index (χ2v) is 5.73. The van der Waals surface area contributed by atoms with Crippen LogP contribution in [0.15, 0.2) is 4.99 Å². The molecule has 0 N–H and O–H groups in total. The van der Waals surface area contributed by atoms with Crippen LogP contribution in [0, 0.1) is 11.8 Å². The molecular weight excluding hydrogens is 196 g/mol. The van der Waals surface area contributed by atoms with Gasteiger partial charge in [-0.05, 0) is 38.0 Å². The average molecular weight is 220 g/mol. The van der Waals surface area contributed by atoms with Gasteiger partial charge in [0.25, 0.3) is 0 Å². The third-order valence-corrected chi connectivity index (χ3v) is 4.68. The van der Waals surface area contributed by atoms with E-state index in [9.17, 15) is 0 Å². The summed E-state index contributed by atoms with van der Waals surface area (Å²) in [6, 6.07) is 0. The lowest BCUT2D eigenvalue weighted by atomic mass is 9.85. The van der Waals surface area contributed by atoms with Gasteiger partial charge in [0.05, 0.1) is 0 Å². The molecule has 0 aromatic rings. The third kappa shape index (κ3) is 1.99. The molecule has 3 aliphatic rings. The minimum atomic E-state index is 0.824. The van der Waals surface area contributed by atoms with Gasteiger partial charge in [-0.3, -0.25) is 4.99 Å². The molecule has 2 nitrogen and oxygen atoms in total. The highest BCUT2D eigenvalue weighted by Crippen LogP contribution is 2.37. The summed E-state index contributed by atoms with van der Waals surface area (Å²) in [5.41, 5.74) is 0. The van der Waals surface area contributed by atoms with Crippen LogP contribution >= 0.6 is 0 Å². The first kappa shape index (κ1) is 10.6. The largest absolute Gasteiger partial charge is 0.360 e. The van der Waals surface area contributed by atoms with Crippen molar-refractivity contribution in [3.8, 4) is 0 Å². The minimum absolute atomic E-state index is 0.824. The normalized spacial score (nSPS) is 32.1. The SMILES string of the molecule is C1CCC(C2CCCCN3CCCN=C23)C1. The van der Waals surface area contributed by atoms with Crippen LogP contribution in [0.2, 0.25) is 0 Å². The van der Waals surface area contributed by atoms with E-state index in [-0.39, 0.29) is 0 Å². The Kier molecular flexibility index (Phi) is 3.16. The first-order valence-corrected chi connectivity index (χ1v) is 7.24. The van der Waals surface area contributed by atoms with Crippen LogP contribution in [-0.4, -0.2) is 30.4 Å². The monoisotopic (exact) mass is 220 g/mol. The van der Waals surface area contributed by atoms with Gasteiger partial charge in [-0.25, -0.2) is 0 Å². The lowest BCUT2D eigenvalue weighted by Crippen LogP contribution is -2.41. The van der Waals surface area contributed by atoms with E-state index < -0.39 is 0 Å². The molecule has 3 rings (SSSR count). The van der Waals surface area contributed by atoms with Crippen molar-refractivity contribution in [2.24, 2.45) is 16.8 Å². The Balaban J connectivity index is 1.80. The summed E-state index contributed by atoms with van der Waals surface area (Å²) in [5, 5.41) is 0. The summed E-state index contributed by atoms with van der Waals surface area (Å²) in [6.07, 6.45) is 11.4. The van der Waals surface area contributed by atoms with Crippen LogP contribution < -0.4 is 0 Å². The summed E-state index contributed by atoms with van der Waals surface area (Å²) >= 11 is 0. The van der Waals surface area contributed by atoms with Gasteiger partial charge in [0.1, 0.15) is 5.84 Å². The van der Waals surface area contributed by atoms with Crippen molar-refractivity contribution in [1.29, 1.82) is 0 Å².